The molecule has 0 saturated carbocycles. The SMILES string of the molecule is CC(CCN1CCC(Oc2ccc3cnccc3c2)CC1)c1ccccc1.O=C(O)C(F)(F)F. The number of piperidine rings is 1. The number of rotatable bonds is 6. The van der Waals surface area contributed by atoms with E-state index in [1.165, 1.54) is 23.9 Å². The molecule has 8 heteroatoms. The number of pyridine rings is 1. The van der Waals surface area contributed by atoms with Crippen LogP contribution in [0.1, 0.15) is 37.7 Å². The summed E-state index contributed by atoms with van der Waals surface area (Å²) in [7, 11) is 0. The summed E-state index contributed by atoms with van der Waals surface area (Å²) < 4.78 is 38.0. The molecule has 1 N–H and O–H groups in total. The lowest BCUT2D eigenvalue weighted by Gasteiger charge is -2.32. The number of fused-ring (bicyclic) bond motifs is 1. The molecule has 2 heterocycles. The van der Waals surface area contributed by atoms with E-state index in [2.05, 4.69) is 65.3 Å². The van der Waals surface area contributed by atoms with Crippen LogP contribution >= 0.6 is 0 Å². The summed E-state index contributed by atoms with van der Waals surface area (Å²) in [5.41, 5.74) is 1.45. The van der Waals surface area contributed by atoms with E-state index < -0.39 is 12.1 Å². The van der Waals surface area contributed by atoms with Crippen molar-refractivity contribution in [3.8, 4) is 5.75 Å². The van der Waals surface area contributed by atoms with Crippen LogP contribution in [0.5, 0.6) is 5.75 Å². The van der Waals surface area contributed by atoms with Gasteiger partial charge in [0.1, 0.15) is 11.9 Å². The van der Waals surface area contributed by atoms with Gasteiger partial charge in [-0.2, -0.15) is 13.2 Å². The second-order valence-corrected chi connectivity index (χ2v) is 8.45. The summed E-state index contributed by atoms with van der Waals surface area (Å²) in [5, 5.41) is 9.47. The molecule has 0 amide bonds. The van der Waals surface area contributed by atoms with Gasteiger partial charge in [0.05, 0.1) is 0 Å². The molecule has 1 aliphatic rings. The average molecular weight is 475 g/mol. The number of likely N-dealkylation sites (tertiary alicyclic amines) is 1. The number of halogens is 3. The monoisotopic (exact) mass is 474 g/mol. The van der Waals surface area contributed by atoms with E-state index in [9.17, 15) is 13.2 Å². The largest absolute Gasteiger partial charge is 0.490 e. The smallest absolute Gasteiger partial charge is 0.490 e. The van der Waals surface area contributed by atoms with Crippen LogP contribution < -0.4 is 4.74 Å². The molecule has 1 aliphatic heterocycles. The third kappa shape index (κ3) is 7.73. The predicted molar refractivity (Wildman–Crippen MR) is 125 cm³/mol. The third-order valence-corrected chi connectivity index (χ3v) is 5.94. The number of carboxylic acid groups (broad SMARTS) is 1. The number of carboxylic acids is 1. The number of aliphatic carboxylic acids is 1. The summed E-state index contributed by atoms with van der Waals surface area (Å²) >= 11 is 0. The zero-order chi connectivity index (χ0) is 24.6. The number of nitrogens with zero attached hydrogens (tertiary/aromatic N) is 2. The van der Waals surface area contributed by atoms with Crippen LogP contribution in [0.15, 0.2) is 67.0 Å². The average Bonchev–Trinajstić information content (AvgIpc) is 2.84. The maximum absolute atomic E-state index is 10.6. The molecular formula is C26H29F3N2O3. The quantitative estimate of drug-likeness (QED) is 0.482. The highest BCUT2D eigenvalue weighted by Gasteiger charge is 2.38. The van der Waals surface area contributed by atoms with Gasteiger partial charge < -0.3 is 14.7 Å². The molecule has 4 rings (SSSR count). The van der Waals surface area contributed by atoms with Gasteiger partial charge in [0.15, 0.2) is 0 Å². The minimum Gasteiger partial charge on any atom is -0.490 e. The van der Waals surface area contributed by atoms with Crippen LogP contribution in [0.2, 0.25) is 0 Å². The maximum Gasteiger partial charge on any atom is 0.490 e. The highest BCUT2D eigenvalue weighted by Crippen LogP contribution is 2.25. The van der Waals surface area contributed by atoms with Crippen LogP contribution in [-0.4, -0.2) is 52.9 Å². The summed E-state index contributed by atoms with van der Waals surface area (Å²) in [5.74, 6) is -1.16. The van der Waals surface area contributed by atoms with Crippen molar-refractivity contribution in [1.29, 1.82) is 0 Å². The van der Waals surface area contributed by atoms with E-state index in [0.717, 1.165) is 37.1 Å². The minimum absolute atomic E-state index is 0.326. The van der Waals surface area contributed by atoms with E-state index in [-0.39, 0.29) is 0 Å². The van der Waals surface area contributed by atoms with Gasteiger partial charge in [-0.05, 0) is 66.9 Å². The van der Waals surface area contributed by atoms with Crippen molar-refractivity contribution in [1.82, 2.24) is 9.88 Å². The fraction of sp³-hybridized carbons (Fsp3) is 0.385. The Kier molecular flexibility index (Phi) is 8.87. The topological polar surface area (TPSA) is 62.7 Å². The van der Waals surface area contributed by atoms with Crippen LogP contribution in [-0.2, 0) is 4.79 Å². The molecule has 0 bridgehead atoms. The Morgan fingerprint density at radius 2 is 1.79 bits per heavy atom. The van der Waals surface area contributed by atoms with Crippen molar-refractivity contribution >= 4 is 16.7 Å². The fourth-order valence-electron chi connectivity index (χ4n) is 3.90. The summed E-state index contributed by atoms with van der Waals surface area (Å²) in [6.07, 6.45) is 2.40. The van der Waals surface area contributed by atoms with Crippen LogP contribution in [0.4, 0.5) is 13.2 Å². The Labute approximate surface area is 197 Å². The summed E-state index contributed by atoms with van der Waals surface area (Å²) in [6.45, 7) is 5.76. The van der Waals surface area contributed by atoms with Crippen LogP contribution in [0.3, 0.4) is 0 Å². The standard InChI is InChI=1S/C24H28N2O.C2HF3O2/c1-19(20-5-3-2-4-6-20)10-14-26-15-11-23(12-16-26)27-24-8-7-22-18-25-13-9-21(22)17-24;3-2(4,5)1(6)7/h2-9,13,17-19,23H,10-12,14-16H2,1H3;(H,6,7). The highest BCUT2D eigenvalue weighted by atomic mass is 19.4. The minimum atomic E-state index is -5.08. The molecular weight excluding hydrogens is 445 g/mol. The van der Waals surface area contributed by atoms with Crippen LogP contribution in [0.25, 0.3) is 10.8 Å². The zero-order valence-corrected chi connectivity index (χ0v) is 19.0. The molecule has 1 fully saturated rings. The zero-order valence-electron chi connectivity index (χ0n) is 19.0. The Morgan fingerprint density at radius 1 is 1.12 bits per heavy atom. The van der Waals surface area contributed by atoms with Crippen molar-refractivity contribution in [2.45, 2.75) is 44.4 Å². The van der Waals surface area contributed by atoms with Gasteiger partial charge >= 0.3 is 12.1 Å². The Bertz CT molecular complexity index is 1050. The molecule has 1 unspecified atom stereocenters. The fourth-order valence-corrected chi connectivity index (χ4v) is 3.90. The van der Waals surface area contributed by atoms with Crippen molar-refractivity contribution in [3.05, 3.63) is 72.6 Å². The lowest BCUT2D eigenvalue weighted by molar-refractivity contribution is -0.192. The first-order valence-electron chi connectivity index (χ1n) is 11.3. The molecule has 34 heavy (non-hydrogen) atoms. The Morgan fingerprint density at radius 3 is 2.44 bits per heavy atom. The lowest BCUT2D eigenvalue weighted by Crippen LogP contribution is -2.39. The molecule has 0 spiro atoms. The number of hydrogen-bond donors (Lipinski definition) is 1. The number of alkyl halides is 3. The normalized spacial score (nSPS) is 15.9. The van der Waals surface area contributed by atoms with Gasteiger partial charge in [-0.15, -0.1) is 0 Å². The Balaban J connectivity index is 0.000000406. The molecule has 182 valence electrons. The first-order chi connectivity index (χ1) is 16.2. The molecule has 1 saturated heterocycles. The van der Waals surface area contributed by atoms with Crippen molar-refractivity contribution in [2.75, 3.05) is 19.6 Å². The number of ether oxygens (including phenoxy) is 1. The van der Waals surface area contributed by atoms with Crippen molar-refractivity contribution in [2.24, 2.45) is 0 Å². The molecule has 3 aromatic rings. The Hall–Kier alpha value is -3.13. The highest BCUT2D eigenvalue weighted by molar-refractivity contribution is 5.82. The van der Waals surface area contributed by atoms with Crippen molar-refractivity contribution < 1.29 is 27.8 Å². The van der Waals surface area contributed by atoms with Crippen molar-refractivity contribution in [3.63, 3.8) is 0 Å². The van der Waals surface area contributed by atoms with E-state index in [4.69, 9.17) is 14.6 Å². The van der Waals surface area contributed by atoms with Gasteiger partial charge in [0.25, 0.3) is 0 Å². The third-order valence-electron chi connectivity index (χ3n) is 5.94. The first kappa shape index (κ1) is 25.5. The predicted octanol–water partition coefficient (Wildman–Crippen LogP) is 5.91. The second-order valence-electron chi connectivity index (χ2n) is 8.45. The number of carbonyl (C=O) groups is 1. The first-order valence-corrected chi connectivity index (χ1v) is 11.3. The second kappa shape index (κ2) is 11.8. The molecule has 1 atom stereocenters. The van der Waals surface area contributed by atoms with E-state index >= 15 is 0 Å². The van der Waals surface area contributed by atoms with E-state index in [1.807, 2.05) is 18.5 Å². The number of benzene rings is 2. The lowest BCUT2D eigenvalue weighted by atomic mass is 9.97. The molecule has 2 aromatic carbocycles. The van der Waals surface area contributed by atoms with E-state index in [0.29, 0.717) is 12.0 Å². The molecule has 5 nitrogen and oxygen atoms in total. The van der Waals surface area contributed by atoms with Gasteiger partial charge in [0, 0.05) is 30.9 Å². The number of hydrogen-bond acceptors (Lipinski definition) is 4. The van der Waals surface area contributed by atoms with E-state index in [1.54, 1.807) is 0 Å². The summed E-state index contributed by atoms with van der Waals surface area (Å²) in [4.78, 5) is 15.7. The molecule has 1 aromatic heterocycles. The molecule has 0 aliphatic carbocycles. The van der Waals surface area contributed by atoms with Gasteiger partial charge in [-0.1, -0.05) is 37.3 Å². The summed E-state index contributed by atoms with van der Waals surface area (Å²) in [6, 6.07) is 19.2. The van der Waals surface area contributed by atoms with Crippen LogP contribution in [0, 0.1) is 0 Å². The van der Waals surface area contributed by atoms with Gasteiger partial charge in [-0.3, -0.25) is 4.98 Å². The maximum atomic E-state index is 10.6. The number of aromatic nitrogens is 1. The van der Waals surface area contributed by atoms with Gasteiger partial charge in [-0.25, -0.2) is 4.79 Å². The van der Waals surface area contributed by atoms with Gasteiger partial charge in [0.2, 0.25) is 0 Å². The molecule has 0 radical (unpaired) electrons.